The van der Waals surface area contributed by atoms with Gasteiger partial charge in [-0.1, -0.05) is 6.07 Å². The standard InChI is InChI=1S/C14H19NO2/c1-14(2)8-7-11-12(17-14)6-5-10(9-15-3)13(11)16-4/h5-8,15H,9H2,1-4H3. The molecule has 0 unspecified atom stereocenters. The van der Waals surface area contributed by atoms with Crippen LogP contribution in [0.3, 0.4) is 0 Å². The van der Waals surface area contributed by atoms with Gasteiger partial charge in [-0.25, -0.2) is 0 Å². The molecule has 0 saturated heterocycles. The fraction of sp³-hybridized carbons (Fsp3) is 0.429. The summed E-state index contributed by atoms with van der Waals surface area (Å²) in [6.07, 6.45) is 4.14. The molecule has 0 spiro atoms. The molecule has 3 nitrogen and oxygen atoms in total. The van der Waals surface area contributed by atoms with Crippen molar-refractivity contribution in [2.24, 2.45) is 0 Å². The zero-order valence-electron chi connectivity index (χ0n) is 10.8. The highest BCUT2D eigenvalue weighted by Gasteiger charge is 2.24. The van der Waals surface area contributed by atoms with Crippen molar-refractivity contribution in [2.75, 3.05) is 14.2 Å². The Morgan fingerprint density at radius 3 is 2.76 bits per heavy atom. The second-order valence-corrected chi connectivity index (χ2v) is 4.74. The van der Waals surface area contributed by atoms with Gasteiger partial charge in [-0.05, 0) is 39.1 Å². The molecular formula is C14H19NO2. The first kappa shape index (κ1) is 12.0. The van der Waals surface area contributed by atoms with Gasteiger partial charge >= 0.3 is 0 Å². The molecule has 1 heterocycles. The fourth-order valence-corrected chi connectivity index (χ4v) is 2.05. The number of ether oxygens (including phenoxy) is 2. The van der Waals surface area contributed by atoms with Gasteiger partial charge in [0.05, 0.1) is 12.7 Å². The molecule has 0 fully saturated rings. The Hall–Kier alpha value is -1.48. The van der Waals surface area contributed by atoms with Crippen molar-refractivity contribution < 1.29 is 9.47 Å². The fourth-order valence-electron chi connectivity index (χ4n) is 2.05. The molecule has 0 saturated carbocycles. The SMILES string of the molecule is CNCc1ccc2c(c1OC)C=CC(C)(C)O2. The number of methoxy groups -OCH3 is 1. The molecule has 0 bridgehead atoms. The normalized spacial score (nSPS) is 16.2. The van der Waals surface area contributed by atoms with Crippen molar-refractivity contribution in [1.82, 2.24) is 5.32 Å². The third-order valence-corrected chi connectivity index (χ3v) is 2.83. The van der Waals surface area contributed by atoms with Gasteiger partial charge in [0.1, 0.15) is 17.1 Å². The Balaban J connectivity index is 2.48. The van der Waals surface area contributed by atoms with Crippen LogP contribution in [0.15, 0.2) is 18.2 Å². The average Bonchev–Trinajstić information content (AvgIpc) is 2.28. The Morgan fingerprint density at radius 2 is 2.12 bits per heavy atom. The van der Waals surface area contributed by atoms with Crippen LogP contribution in [0.4, 0.5) is 0 Å². The lowest BCUT2D eigenvalue weighted by molar-refractivity contribution is 0.158. The topological polar surface area (TPSA) is 30.5 Å². The summed E-state index contributed by atoms with van der Waals surface area (Å²) in [5.74, 6) is 1.78. The van der Waals surface area contributed by atoms with E-state index in [4.69, 9.17) is 9.47 Å². The highest BCUT2D eigenvalue weighted by Crippen LogP contribution is 2.38. The molecule has 0 radical (unpaired) electrons. The minimum Gasteiger partial charge on any atom is -0.496 e. The maximum atomic E-state index is 5.91. The Morgan fingerprint density at radius 1 is 1.35 bits per heavy atom. The van der Waals surface area contributed by atoms with Crippen molar-refractivity contribution in [3.05, 3.63) is 29.3 Å². The van der Waals surface area contributed by atoms with Crippen molar-refractivity contribution in [1.29, 1.82) is 0 Å². The number of rotatable bonds is 3. The lowest BCUT2D eigenvalue weighted by Crippen LogP contribution is -2.27. The predicted molar refractivity (Wildman–Crippen MR) is 69.5 cm³/mol. The second-order valence-electron chi connectivity index (χ2n) is 4.74. The van der Waals surface area contributed by atoms with Crippen LogP contribution in [0.25, 0.3) is 6.08 Å². The predicted octanol–water partition coefficient (Wildman–Crippen LogP) is 2.60. The lowest BCUT2D eigenvalue weighted by Gasteiger charge is -2.29. The minimum atomic E-state index is -0.247. The molecule has 3 heteroatoms. The van der Waals surface area contributed by atoms with E-state index >= 15 is 0 Å². The summed E-state index contributed by atoms with van der Waals surface area (Å²) < 4.78 is 11.4. The highest BCUT2D eigenvalue weighted by atomic mass is 16.5. The molecule has 1 aliphatic heterocycles. The van der Waals surface area contributed by atoms with Crippen LogP contribution >= 0.6 is 0 Å². The van der Waals surface area contributed by atoms with Crippen molar-refractivity contribution in [2.45, 2.75) is 26.0 Å². The molecule has 2 rings (SSSR count). The average molecular weight is 233 g/mol. The monoisotopic (exact) mass is 233 g/mol. The molecule has 0 atom stereocenters. The summed E-state index contributed by atoms with van der Waals surface area (Å²) >= 11 is 0. The van der Waals surface area contributed by atoms with Gasteiger partial charge in [-0.15, -0.1) is 0 Å². The molecule has 0 amide bonds. The largest absolute Gasteiger partial charge is 0.496 e. The quantitative estimate of drug-likeness (QED) is 0.870. The zero-order chi connectivity index (χ0) is 12.5. The van der Waals surface area contributed by atoms with Gasteiger partial charge < -0.3 is 14.8 Å². The summed E-state index contributed by atoms with van der Waals surface area (Å²) in [5.41, 5.74) is 1.92. The van der Waals surface area contributed by atoms with Crippen LogP contribution < -0.4 is 14.8 Å². The van der Waals surface area contributed by atoms with E-state index in [1.54, 1.807) is 7.11 Å². The number of nitrogens with one attached hydrogen (secondary N) is 1. The summed E-state index contributed by atoms with van der Waals surface area (Å²) in [4.78, 5) is 0. The summed E-state index contributed by atoms with van der Waals surface area (Å²) in [5, 5.41) is 3.14. The molecule has 0 aromatic heterocycles. The maximum Gasteiger partial charge on any atom is 0.134 e. The van der Waals surface area contributed by atoms with E-state index in [-0.39, 0.29) is 5.60 Å². The first-order valence-electron chi connectivity index (χ1n) is 5.80. The van der Waals surface area contributed by atoms with Crippen molar-refractivity contribution in [3.8, 4) is 11.5 Å². The minimum absolute atomic E-state index is 0.247. The van der Waals surface area contributed by atoms with Gasteiger partial charge in [0.25, 0.3) is 0 Å². The van der Waals surface area contributed by atoms with Gasteiger partial charge in [0.2, 0.25) is 0 Å². The van der Waals surface area contributed by atoms with E-state index in [9.17, 15) is 0 Å². The molecule has 0 aliphatic carbocycles. The summed E-state index contributed by atoms with van der Waals surface area (Å²) in [7, 11) is 3.62. The number of benzene rings is 1. The van der Waals surface area contributed by atoms with E-state index in [1.165, 1.54) is 0 Å². The second kappa shape index (κ2) is 4.41. The third kappa shape index (κ3) is 2.29. The Kier molecular flexibility index (Phi) is 3.11. The summed E-state index contributed by atoms with van der Waals surface area (Å²) in [6, 6.07) is 4.05. The van der Waals surface area contributed by atoms with Gasteiger partial charge in [0.15, 0.2) is 0 Å². The number of fused-ring (bicyclic) bond motifs is 1. The van der Waals surface area contributed by atoms with Crippen LogP contribution in [0, 0.1) is 0 Å². The van der Waals surface area contributed by atoms with E-state index in [0.717, 1.165) is 29.2 Å². The van der Waals surface area contributed by atoms with Crippen LogP contribution in [0.1, 0.15) is 25.0 Å². The van der Waals surface area contributed by atoms with Crippen LogP contribution in [-0.4, -0.2) is 19.8 Å². The number of hydrogen-bond acceptors (Lipinski definition) is 3. The van der Waals surface area contributed by atoms with Crippen LogP contribution in [0.2, 0.25) is 0 Å². The van der Waals surface area contributed by atoms with Crippen LogP contribution in [-0.2, 0) is 6.54 Å². The van der Waals surface area contributed by atoms with E-state index in [2.05, 4.69) is 17.5 Å². The molecule has 17 heavy (non-hydrogen) atoms. The van der Waals surface area contributed by atoms with E-state index in [1.807, 2.05) is 33.0 Å². The molecule has 1 aliphatic rings. The van der Waals surface area contributed by atoms with Crippen molar-refractivity contribution in [3.63, 3.8) is 0 Å². The van der Waals surface area contributed by atoms with Gasteiger partial charge in [-0.3, -0.25) is 0 Å². The van der Waals surface area contributed by atoms with Crippen molar-refractivity contribution >= 4 is 6.08 Å². The lowest BCUT2D eigenvalue weighted by atomic mass is 9.99. The van der Waals surface area contributed by atoms with Gasteiger partial charge in [0, 0.05) is 12.1 Å². The highest BCUT2D eigenvalue weighted by molar-refractivity contribution is 5.69. The van der Waals surface area contributed by atoms with E-state index in [0.29, 0.717) is 0 Å². The molecule has 92 valence electrons. The number of hydrogen-bond donors (Lipinski definition) is 1. The smallest absolute Gasteiger partial charge is 0.134 e. The van der Waals surface area contributed by atoms with Gasteiger partial charge in [-0.2, -0.15) is 0 Å². The molecule has 1 N–H and O–H groups in total. The Labute approximate surface area is 102 Å². The molecule has 1 aromatic carbocycles. The first-order chi connectivity index (χ1) is 8.07. The van der Waals surface area contributed by atoms with E-state index < -0.39 is 0 Å². The molecule has 1 aromatic rings. The zero-order valence-corrected chi connectivity index (χ0v) is 10.8. The Bertz CT molecular complexity index is 450. The third-order valence-electron chi connectivity index (χ3n) is 2.83. The maximum absolute atomic E-state index is 5.91. The first-order valence-corrected chi connectivity index (χ1v) is 5.80. The summed E-state index contributed by atoms with van der Waals surface area (Å²) in [6.45, 7) is 4.87. The van der Waals surface area contributed by atoms with Crippen LogP contribution in [0.5, 0.6) is 11.5 Å². The molecular weight excluding hydrogens is 214 g/mol.